The molecule has 0 aliphatic rings. The van der Waals surface area contributed by atoms with Gasteiger partial charge in [0.25, 0.3) is 0 Å². The molecule has 1 heterocycles. The zero-order valence-electron chi connectivity index (χ0n) is 14.0. The van der Waals surface area contributed by atoms with E-state index in [2.05, 4.69) is 84.4 Å². The van der Waals surface area contributed by atoms with Crippen LogP contribution in [0.5, 0.6) is 0 Å². The molecule has 25 heavy (non-hydrogen) atoms. The summed E-state index contributed by atoms with van der Waals surface area (Å²) >= 11 is 0. The largest absolute Gasteiger partial charge is 0.344 e. The summed E-state index contributed by atoms with van der Waals surface area (Å²) in [5, 5.41) is 5.26. The SMILES string of the molecule is Cn1c2ccc(-c3cc[c-]cc3)cc2c2c3ccccc3ccc21.[Y]. The van der Waals surface area contributed by atoms with E-state index in [9.17, 15) is 0 Å². The third-order valence-corrected chi connectivity index (χ3v) is 4.95. The van der Waals surface area contributed by atoms with Crippen LogP contribution in [0.15, 0.2) is 78.9 Å². The molecule has 5 rings (SSSR count). The molecule has 1 aromatic heterocycles. The molecule has 0 spiro atoms. The van der Waals surface area contributed by atoms with Crippen molar-refractivity contribution in [3.05, 3.63) is 84.9 Å². The van der Waals surface area contributed by atoms with Crippen LogP contribution in [0.3, 0.4) is 0 Å². The Morgan fingerprint density at radius 3 is 2.32 bits per heavy atom. The van der Waals surface area contributed by atoms with E-state index in [1.807, 2.05) is 12.1 Å². The van der Waals surface area contributed by atoms with Crippen LogP contribution in [0.2, 0.25) is 0 Å². The average molecular weight is 395 g/mol. The van der Waals surface area contributed by atoms with Crippen LogP contribution in [0.25, 0.3) is 43.7 Å². The van der Waals surface area contributed by atoms with Gasteiger partial charge in [0, 0.05) is 61.6 Å². The number of hydrogen-bond acceptors (Lipinski definition) is 0. The monoisotopic (exact) mass is 395 g/mol. The van der Waals surface area contributed by atoms with Crippen molar-refractivity contribution in [1.29, 1.82) is 0 Å². The Morgan fingerprint density at radius 2 is 1.48 bits per heavy atom. The maximum atomic E-state index is 3.09. The molecule has 4 aromatic carbocycles. The second kappa shape index (κ2) is 6.40. The summed E-state index contributed by atoms with van der Waals surface area (Å²) in [4.78, 5) is 0. The zero-order valence-corrected chi connectivity index (χ0v) is 16.9. The van der Waals surface area contributed by atoms with Crippen molar-refractivity contribution in [1.82, 2.24) is 4.57 Å². The molecule has 1 nitrogen and oxygen atoms in total. The number of aryl methyl sites for hydroxylation is 1. The summed E-state index contributed by atoms with van der Waals surface area (Å²) in [6.07, 6.45) is 0. The molecule has 5 aromatic rings. The molecular formula is C23H16NY-. The molecule has 0 saturated carbocycles. The second-order valence-corrected chi connectivity index (χ2v) is 6.26. The molecule has 117 valence electrons. The van der Waals surface area contributed by atoms with Gasteiger partial charge in [-0.05, 0) is 34.5 Å². The standard InChI is InChI=1S/C23H16N.Y/c1-24-21-13-12-18(16-7-3-2-4-8-16)15-20(21)23-19-10-6-5-9-17(19)11-14-22(23)24;/h3-15H,1H3;/q-1;. The fraction of sp³-hybridized carbons (Fsp3) is 0.0435. The summed E-state index contributed by atoms with van der Waals surface area (Å²) in [5.74, 6) is 0. The zero-order chi connectivity index (χ0) is 16.1. The van der Waals surface area contributed by atoms with Crippen molar-refractivity contribution in [3.63, 3.8) is 0 Å². The molecule has 0 atom stereocenters. The van der Waals surface area contributed by atoms with Crippen molar-refractivity contribution in [2.24, 2.45) is 7.05 Å². The second-order valence-electron chi connectivity index (χ2n) is 6.26. The van der Waals surface area contributed by atoms with Gasteiger partial charge in [0.05, 0.1) is 0 Å². The first-order valence-corrected chi connectivity index (χ1v) is 8.19. The van der Waals surface area contributed by atoms with Crippen LogP contribution in [0, 0.1) is 6.07 Å². The van der Waals surface area contributed by atoms with Crippen LogP contribution in [0.1, 0.15) is 0 Å². The first-order valence-electron chi connectivity index (χ1n) is 8.19. The fourth-order valence-corrected chi connectivity index (χ4v) is 3.74. The maximum Gasteiger partial charge on any atom is 0.0495 e. The van der Waals surface area contributed by atoms with Gasteiger partial charge in [0.1, 0.15) is 0 Å². The first-order chi connectivity index (χ1) is 11.8. The van der Waals surface area contributed by atoms with Gasteiger partial charge in [-0.1, -0.05) is 36.4 Å². The number of nitrogens with zero attached hydrogens (tertiary/aromatic N) is 1. The quantitative estimate of drug-likeness (QED) is 0.309. The van der Waals surface area contributed by atoms with E-state index in [1.165, 1.54) is 43.7 Å². The predicted molar refractivity (Wildman–Crippen MR) is 102 cm³/mol. The van der Waals surface area contributed by atoms with Crippen molar-refractivity contribution >= 4 is 32.6 Å². The van der Waals surface area contributed by atoms with E-state index >= 15 is 0 Å². The van der Waals surface area contributed by atoms with Crippen molar-refractivity contribution < 1.29 is 32.7 Å². The molecule has 1 radical (unpaired) electrons. The van der Waals surface area contributed by atoms with Gasteiger partial charge in [0.2, 0.25) is 0 Å². The minimum atomic E-state index is 0. The van der Waals surface area contributed by atoms with Gasteiger partial charge >= 0.3 is 0 Å². The fourth-order valence-electron chi connectivity index (χ4n) is 3.74. The van der Waals surface area contributed by atoms with Crippen molar-refractivity contribution in [2.45, 2.75) is 0 Å². The molecule has 0 saturated heterocycles. The Morgan fingerprint density at radius 1 is 0.720 bits per heavy atom. The Labute approximate surface area is 172 Å². The summed E-state index contributed by atoms with van der Waals surface area (Å²) in [6, 6.07) is 31.1. The van der Waals surface area contributed by atoms with Crippen LogP contribution in [-0.2, 0) is 39.8 Å². The van der Waals surface area contributed by atoms with Gasteiger partial charge in [-0.15, -0.1) is 5.56 Å². The Hall–Kier alpha value is -1.96. The molecular weight excluding hydrogens is 379 g/mol. The van der Waals surface area contributed by atoms with Crippen LogP contribution >= 0.6 is 0 Å². The van der Waals surface area contributed by atoms with Crippen LogP contribution in [-0.4, -0.2) is 4.57 Å². The number of benzene rings is 4. The Kier molecular flexibility index (Phi) is 4.23. The van der Waals surface area contributed by atoms with Gasteiger partial charge in [-0.25, -0.2) is 0 Å². The molecule has 0 amide bonds. The third-order valence-electron chi connectivity index (χ3n) is 4.95. The summed E-state index contributed by atoms with van der Waals surface area (Å²) < 4.78 is 2.29. The number of rotatable bonds is 1. The molecule has 0 N–H and O–H groups in total. The van der Waals surface area contributed by atoms with Crippen molar-refractivity contribution in [2.75, 3.05) is 0 Å². The number of fused-ring (bicyclic) bond motifs is 5. The van der Waals surface area contributed by atoms with E-state index < -0.39 is 0 Å². The van der Waals surface area contributed by atoms with Crippen LogP contribution < -0.4 is 0 Å². The van der Waals surface area contributed by atoms with Crippen LogP contribution in [0.4, 0.5) is 0 Å². The molecule has 0 aliphatic heterocycles. The summed E-state index contributed by atoms with van der Waals surface area (Å²) in [7, 11) is 2.15. The predicted octanol–water partition coefficient (Wildman–Crippen LogP) is 5.95. The van der Waals surface area contributed by atoms with E-state index in [-0.39, 0.29) is 32.7 Å². The molecule has 2 heteroatoms. The normalized spacial score (nSPS) is 11.1. The van der Waals surface area contributed by atoms with Crippen molar-refractivity contribution in [3.8, 4) is 11.1 Å². The van der Waals surface area contributed by atoms with E-state index in [4.69, 9.17) is 0 Å². The first kappa shape index (κ1) is 16.5. The summed E-state index contributed by atoms with van der Waals surface area (Å²) in [5.41, 5.74) is 5.03. The number of aromatic nitrogens is 1. The number of hydrogen-bond donors (Lipinski definition) is 0. The molecule has 0 unspecified atom stereocenters. The summed E-state index contributed by atoms with van der Waals surface area (Å²) in [6.45, 7) is 0. The molecule has 0 bridgehead atoms. The van der Waals surface area contributed by atoms with E-state index in [0.29, 0.717) is 0 Å². The average Bonchev–Trinajstić information content (AvgIpc) is 2.95. The molecule has 0 aliphatic carbocycles. The van der Waals surface area contributed by atoms with Gasteiger partial charge in [-0.2, -0.15) is 30.3 Å². The minimum absolute atomic E-state index is 0. The Bertz CT molecular complexity index is 1200. The third kappa shape index (κ3) is 2.54. The minimum Gasteiger partial charge on any atom is -0.344 e. The van der Waals surface area contributed by atoms with E-state index in [0.717, 1.165) is 0 Å². The maximum absolute atomic E-state index is 3.09. The van der Waals surface area contributed by atoms with E-state index in [1.54, 1.807) is 0 Å². The molecule has 0 fully saturated rings. The van der Waals surface area contributed by atoms with Gasteiger partial charge in [-0.3, -0.25) is 0 Å². The smallest absolute Gasteiger partial charge is 0.0495 e. The van der Waals surface area contributed by atoms with Gasteiger partial charge < -0.3 is 4.57 Å². The topological polar surface area (TPSA) is 4.93 Å². The Balaban J connectivity index is 0.00000157. The van der Waals surface area contributed by atoms with Gasteiger partial charge in [0.15, 0.2) is 0 Å².